The molecule has 1 heterocycles. The minimum absolute atomic E-state index is 0.0636. The fraction of sp³-hybridized carbons (Fsp3) is 0.304. The summed E-state index contributed by atoms with van der Waals surface area (Å²) in [6, 6.07) is 13.0. The summed E-state index contributed by atoms with van der Waals surface area (Å²) in [5.41, 5.74) is 3.36. The summed E-state index contributed by atoms with van der Waals surface area (Å²) in [7, 11) is 0. The van der Waals surface area contributed by atoms with Crippen molar-refractivity contribution in [3.63, 3.8) is 0 Å². The summed E-state index contributed by atoms with van der Waals surface area (Å²) in [5, 5.41) is 3.83. The molecule has 1 atom stereocenters. The molecule has 1 aliphatic rings. The topological polar surface area (TPSA) is 81.1 Å². The summed E-state index contributed by atoms with van der Waals surface area (Å²) >= 11 is 0. The number of carbonyl (C=O) groups excluding carboxylic acids is 2. The third-order valence-electron chi connectivity index (χ3n) is 5.59. The molecule has 0 amide bonds. The van der Waals surface area contributed by atoms with Crippen LogP contribution in [0.25, 0.3) is 10.9 Å². The van der Waals surface area contributed by atoms with Gasteiger partial charge in [-0.3, -0.25) is 19.0 Å². The molecule has 148 valence electrons. The van der Waals surface area contributed by atoms with Gasteiger partial charge in [-0.2, -0.15) is 0 Å². The highest BCUT2D eigenvalue weighted by molar-refractivity contribution is 6.03. The maximum atomic E-state index is 13.4. The van der Waals surface area contributed by atoms with Gasteiger partial charge in [0, 0.05) is 18.7 Å². The van der Waals surface area contributed by atoms with Crippen LogP contribution in [-0.4, -0.2) is 21.1 Å². The summed E-state index contributed by atoms with van der Waals surface area (Å²) in [6.45, 7) is 4.36. The molecule has 29 heavy (non-hydrogen) atoms. The van der Waals surface area contributed by atoms with E-state index in [1.54, 1.807) is 13.0 Å². The number of Topliss-reactive ketones (excluding diaryl/α,β-unsaturated/α-hetero) is 2. The zero-order valence-corrected chi connectivity index (χ0v) is 16.6. The molecule has 1 aliphatic carbocycles. The lowest BCUT2D eigenvalue weighted by molar-refractivity contribution is -0.132. The molecule has 1 aromatic heterocycles. The van der Waals surface area contributed by atoms with Gasteiger partial charge in [0.15, 0.2) is 5.78 Å². The molecule has 4 rings (SSSR count). The van der Waals surface area contributed by atoms with E-state index in [2.05, 4.69) is 10.3 Å². The molecule has 1 fully saturated rings. The molecule has 1 N–H and O–H groups in total. The zero-order chi connectivity index (χ0) is 20.5. The number of nitrogens with one attached hydrogen (secondary N) is 1. The van der Waals surface area contributed by atoms with E-state index in [1.807, 2.05) is 43.3 Å². The van der Waals surface area contributed by atoms with Gasteiger partial charge in [-0.15, -0.1) is 0 Å². The van der Waals surface area contributed by atoms with Gasteiger partial charge < -0.3 is 5.32 Å². The van der Waals surface area contributed by atoms with Crippen LogP contribution in [0, 0.1) is 13.8 Å². The Hall–Kier alpha value is -3.28. The second-order valence-corrected chi connectivity index (χ2v) is 7.55. The van der Waals surface area contributed by atoms with Gasteiger partial charge >= 0.3 is 0 Å². The van der Waals surface area contributed by atoms with E-state index >= 15 is 0 Å². The minimum Gasteiger partial charge on any atom is -0.380 e. The Morgan fingerprint density at radius 2 is 1.86 bits per heavy atom. The van der Waals surface area contributed by atoms with Crippen LogP contribution in [0.15, 0.2) is 47.3 Å². The first kappa shape index (κ1) is 19.1. The average Bonchev–Trinajstić information content (AvgIpc) is 2.68. The molecule has 1 saturated carbocycles. The summed E-state index contributed by atoms with van der Waals surface area (Å²) < 4.78 is 1.47. The Kier molecular flexibility index (Phi) is 5.01. The van der Waals surface area contributed by atoms with Gasteiger partial charge in [-0.1, -0.05) is 30.3 Å². The number of ketones is 2. The first-order valence-corrected chi connectivity index (χ1v) is 9.80. The molecular weight excluding hydrogens is 366 g/mol. The first-order chi connectivity index (χ1) is 14.0. The fourth-order valence-corrected chi connectivity index (χ4v) is 4.00. The van der Waals surface area contributed by atoms with Crippen LogP contribution in [0.4, 0.5) is 5.69 Å². The van der Waals surface area contributed by atoms with Gasteiger partial charge in [0.25, 0.3) is 5.56 Å². The van der Waals surface area contributed by atoms with Crippen molar-refractivity contribution in [2.75, 3.05) is 5.32 Å². The van der Waals surface area contributed by atoms with E-state index in [0.29, 0.717) is 41.8 Å². The van der Waals surface area contributed by atoms with Crippen molar-refractivity contribution in [2.45, 2.75) is 45.7 Å². The summed E-state index contributed by atoms with van der Waals surface area (Å²) in [5.74, 6) is 0.218. The predicted octanol–water partition coefficient (Wildman–Crippen LogP) is 3.49. The summed E-state index contributed by atoms with van der Waals surface area (Å²) in [4.78, 5) is 42.1. The average molecular weight is 389 g/mol. The Labute approximate surface area is 168 Å². The minimum atomic E-state index is -0.624. The number of carbonyl (C=O) groups is 2. The number of benzene rings is 2. The van der Waals surface area contributed by atoms with Crippen molar-refractivity contribution >= 4 is 28.2 Å². The number of hydrogen-bond donors (Lipinski definition) is 1. The van der Waals surface area contributed by atoms with Crippen LogP contribution in [-0.2, 0) is 16.1 Å². The number of anilines is 1. The Balaban J connectivity index is 1.77. The van der Waals surface area contributed by atoms with Crippen LogP contribution in [0.1, 0.15) is 42.3 Å². The largest absolute Gasteiger partial charge is 0.380 e. The molecule has 1 unspecified atom stereocenters. The van der Waals surface area contributed by atoms with Crippen molar-refractivity contribution in [3.05, 3.63) is 69.8 Å². The molecule has 0 bridgehead atoms. The molecule has 0 aliphatic heterocycles. The van der Waals surface area contributed by atoms with Crippen LogP contribution in [0.3, 0.4) is 0 Å². The van der Waals surface area contributed by atoms with Crippen molar-refractivity contribution in [1.82, 2.24) is 9.55 Å². The maximum absolute atomic E-state index is 13.4. The molecule has 0 saturated heterocycles. The molecular formula is C23H23N3O3. The lowest BCUT2D eigenvalue weighted by atomic mass is 9.92. The van der Waals surface area contributed by atoms with E-state index in [1.165, 1.54) is 10.1 Å². The normalized spacial score (nSPS) is 17.0. The van der Waals surface area contributed by atoms with Gasteiger partial charge in [0.2, 0.25) is 0 Å². The third-order valence-corrected chi connectivity index (χ3v) is 5.59. The molecule has 0 radical (unpaired) electrons. The number of rotatable bonds is 4. The maximum Gasteiger partial charge on any atom is 0.264 e. The van der Waals surface area contributed by atoms with Crippen LogP contribution >= 0.6 is 0 Å². The smallest absolute Gasteiger partial charge is 0.264 e. The number of aryl methyl sites for hydroxylation is 2. The standard InChI is InChI=1S/C23H23N3O3/c1-14-6-3-4-7-16(14)13-24-18-8-5-9-19-22(18)23(29)26(15(2)25-19)20-11-10-17(27)12-21(20)28/h3-9,20,24H,10-13H2,1-2H3. The second kappa shape index (κ2) is 7.62. The monoisotopic (exact) mass is 389 g/mol. The van der Waals surface area contributed by atoms with E-state index < -0.39 is 6.04 Å². The van der Waals surface area contributed by atoms with Gasteiger partial charge in [0.05, 0.1) is 23.4 Å². The lowest BCUT2D eigenvalue weighted by Crippen LogP contribution is -2.36. The Morgan fingerprint density at radius 1 is 1.07 bits per heavy atom. The van der Waals surface area contributed by atoms with E-state index in [9.17, 15) is 14.4 Å². The highest BCUT2D eigenvalue weighted by atomic mass is 16.2. The number of aromatic nitrogens is 2. The second-order valence-electron chi connectivity index (χ2n) is 7.55. The fourth-order valence-electron chi connectivity index (χ4n) is 4.00. The van der Waals surface area contributed by atoms with Crippen LogP contribution in [0.5, 0.6) is 0 Å². The van der Waals surface area contributed by atoms with E-state index in [0.717, 1.165) is 5.56 Å². The quantitative estimate of drug-likeness (QED) is 0.691. The van der Waals surface area contributed by atoms with Crippen LogP contribution < -0.4 is 10.9 Å². The van der Waals surface area contributed by atoms with Crippen molar-refractivity contribution in [2.24, 2.45) is 0 Å². The predicted molar refractivity (Wildman–Crippen MR) is 112 cm³/mol. The van der Waals surface area contributed by atoms with Gasteiger partial charge in [0.1, 0.15) is 11.6 Å². The van der Waals surface area contributed by atoms with E-state index in [4.69, 9.17) is 0 Å². The van der Waals surface area contributed by atoms with Crippen molar-refractivity contribution in [1.29, 1.82) is 0 Å². The molecule has 3 aromatic rings. The van der Waals surface area contributed by atoms with E-state index in [-0.39, 0.29) is 23.5 Å². The van der Waals surface area contributed by atoms with Gasteiger partial charge in [-0.25, -0.2) is 4.98 Å². The first-order valence-electron chi connectivity index (χ1n) is 9.80. The Morgan fingerprint density at radius 3 is 2.62 bits per heavy atom. The van der Waals surface area contributed by atoms with Crippen LogP contribution in [0.2, 0.25) is 0 Å². The molecule has 6 nitrogen and oxygen atoms in total. The summed E-state index contributed by atoms with van der Waals surface area (Å²) in [6.07, 6.45) is 0.555. The number of hydrogen-bond acceptors (Lipinski definition) is 5. The highest BCUT2D eigenvalue weighted by Crippen LogP contribution is 2.26. The SMILES string of the molecule is Cc1ccccc1CNc1cccc2nc(C)n(C3CCC(=O)CC3=O)c(=O)c12. The highest BCUT2D eigenvalue weighted by Gasteiger charge is 2.31. The number of fused-ring (bicyclic) bond motifs is 1. The molecule has 6 heteroatoms. The van der Waals surface area contributed by atoms with Crippen molar-refractivity contribution < 1.29 is 9.59 Å². The zero-order valence-electron chi connectivity index (χ0n) is 16.6. The van der Waals surface area contributed by atoms with Gasteiger partial charge in [-0.05, 0) is 43.5 Å². The van der Waals surface area contributed by atoms with Crippen molar-refractivity contribution in [3.8, 4) is 0 Å². The Bertz CT molecular complexity index is 1180. The molecule has 0 spiro atoms. The third kappa shape index (κ3) is 3.58. The molecule has 2 aromatic carbocycles. The number of nitrogens with zero attached hydrogens (tertiary/aromatic N) is 2. The lowest BCUT2D eigenvalue weighted by Gasteiger charge is -2.24.